The summed E-state index contributed by atoms with van der Waals surface area (Å²) < 4.78 is 1.48. The Morgan fingerprint density at radius 2 is 1.50 bits per heavy atom. The second-order valence-corrected chi connectivity index (χ2v) is 17.7. The molecule has 4 heteroatoms. The van der Waals surface area contributed by atoms with Crippen molar-refractivity contribution < 1.29 is 47.7 Å². The molecule has 0 saturated heterocycles. The normalized spacial score (nSPS) is 18.6. The Balaban J connectivity index is 0.00000160. The first-order valence-electron chi connectivity index (χ1n) is 10.5. The van der Waals surface area contributed by atoms with Crippen LogP contribution in [0.1, 0.15) is 68.4 Å². The summed E-state index contributed by atoms with van der Waals surface area (Å²) in [4.78, 5) is 0. The van der Waals surface area contributed by atoms with Gasteiger partial charge in [-0.25, -0.2) is 0 Å². The first-order valence-corrected chi connectivity index (χ1v) is 16.1. The van der Waals surface area contributed by atoms with Crippen molar-refractivity contribution >= 4 is 20.1 Å². The van der Waals surface area contributed by atoms with Crippen molar-refractivity contribution in [2.24, 2.45) is 0 Å². The summed E-state index contributed by atoms with van der Waals surface area (Å²) in [5.41, 5.74) is 10.8. The SMILES string of the molecule is Cc1ccc(C)c2c1C=C[CH]2[Hf+2][CH]1C(P(C(C)C)C(C)C)=Cc2ccccc21.[Cl-].[Cl-]. The number of allylic oxidation sites excluding steroid dienone is 2. The minimum atomic E-state index is -1.02. The van der Waals surface area contributed by atoms with E-state index in [-0.39, 0.29) is 32.7 Å². The molecule has 0 saturated carbocycles. The van der Waals surface area contributed by atoms with E-state index >= 15 is 0 Å². The Kier molecular flexibility index (Phi) is 9.22. The van der Waals surface area contributed by atoms with Crippen molar-refractivity contribution in [2.75, 3.05) is 0 Å². The molecule has 2 aromatic carbocycles. The van der Waals surface area contributed by atoms with E-state index in [0.29, 0.717) is 0 Å². The van der Waals surface area contributed by atoms with E-state index in [1.165, 1.54) is 22.3 Å². The van der Waals surface area contributed by atoms with Gasteiger partial charge in [0, 0.05) is 0 Å². The van der Waals surface area contributed by atoms with Gasteiger partial charge in [0.15, 0.2) is 0 Å². The third-order valence-corrected chi connectivity index (χ3v) is 16.7. The van der Waals surface area contributed by atoms with E-state index in [2.05, 4.69) is 96.2 Å². The standard InChI is InChI=1S/C15H20P.C11H11.2ClH.Hf/c1-11(2)16(12(3)4)15-9-13-7-5-6-8-14(13)10-15;1-8-6-7-9(2)11-5-3-4-10(8)11;;;/h5-12H,1-4H3;3-7H,1-2H3;2*1H;/q;;;;+2/p-2. The van der Waals surface area contributed by atoms with Crippen molar-refractivity contribution in [3.8, 4) is 0 Å². The molecule has 0 bridgehead atoms. The summed E-state index contributed by atoms with van der Waals surface area (Å²) in [5, 5.41) is 1.82. The first kappa shape index (κ1) is 26.1. The second kappa shape index (κ2) is 10.6. The molecular weight excluding hydrogens is 593 g/mol. The van der Waals surface area contributed by atoms with E-state index < -0.39 is 22.9 Å². The molecule has 0 heterocycles. The van der Waals surface area contributed by atoms with Crippen molar-refractivity contribution in [1.82, 2.24) is 0 Å². The van der Waals surface area contributed by atoms with Crippen LogP contribution in [-0.2, 0) is 22.9 Å². The van der Waals surface area contributed by atoms with Gasteiger partial charge in [-0.3, -0.25) is 0 Å². The van der Waals surface area contributed by atoms with E-state index in [4.69, 9.17) is 0 Å². The summed E-state index contributed by atoms with van der Waals surface area (Å²) in [7, 11) is -0.0812. The van der Waals surface area contributed by atoms with Crippen LogP contribution in [0.4, 0.5) is 0 Å². The van der Waals surface area contributed by atoms with Gasteiger partial charge in [-0.1, -0.05) is 0 Å². The maximum atomic E-state index is 2.60. The van der Waals surface area contributed by atoms with Gasteiger partial charge in [0.25, 0.3) is 0 Å². The Hall–Kier alpha value is -0.200. The minimum Gasteiger partial charge on any atom is -1.00 e. The van der Waals surface area contributed by atoms with Crippen LogP contribution in [0, 0.1) is 13.8 Å². The molecule has 2 aliphatic rings. The molecule has 30 heavy (non-hydrogen) atoms. The quantitative estimate of drug-likeness (QED) is 0.353. The number of fused-ring (bicyclic) bond motifs is 2. The minimum absolute atomic E-state index is 0. The largest absolute Gasteiger partial charge is 1.00 e. The molecule has 0 spiro atoms. The Morgan fingerprint density at radius 3 is 2.17 bits per heavy atom. The van der Waals surface area contributed by atoms with Gasteiger partial charge in [0.1, 0.15) is 0 Å². The molecule has 2 atom stereocenters. The number of aryl methyl sites for hydroxylation is 2. The summed E-state index contributed by atoms with van der Waals surface area (Å²) in [5.74, 6) is 0. The van der Waals surface area contributed by atoms with E-state index in [9.17, 15) is 0 Å². The van der Waals surface area contributed by atoms with Crippen molar-refractivity contribution in [3.05, 3.63) is 81.2 Å². The van der Waals surface area contributed by atoms with Gasteiger partial charge in [-0.2, -0.15) is 0 Å². The molecule has 0 aliphatic heterocycles. The van der Waals surface area contributed by atoms with Crippen LogP contribution in [0.15, 0.2) is 47.8 Å². The molecule has 158 valence electrons. The number of hydrogen-bond acceptors (Lipinski definition) is 0. The predicted molar refractivity (Wildman–Crippen MR) is 122 cm³/mol. The maximum absolute atomic E-state index is 2.60. The van der Waals surface area contributed by atoms with Crippen molar-refractivity contribution in [1.29, 1.82) is 0 Å². The molecule has 4 rings (SSSR count). The topological polar surface area (TPSA) is 0 Å². The number of benzene rings is 2. The number of rotatable bonds is 5. The Labute approximate surface area is 207 Å². The fourth-order valence-electron chi connectivity index (χ4n) is 4.99. The molecule has 0 radical (unpaired) electrons. The molecule has 0 N–H and O–H groups in total. The summed E-state index contributed by atoms with van der Waals surface area (Å²) in [6, 6.07) is 13.9. The Morgan fingerprint density at radius 1 is 0.867 bits per heavy atom. The number of hydrogen-bond donors (Lipinski definition) is 0. The molecule has 0 amide bonds. The molecule has 0 nitrogen and oxygen atoms in total. The average Bonchev–Trinajstić information content (AvgIpc) is 3.22. The molecule has 2 aromatic rings. The van der Waals surface area contributed by atoms with Crippen LogP contribution in [0.5, 0.6) is 0 Å². The fraction of sp³-hybridized carbons (Fsp3) is 0.385. The summed E-state index contributed by atoms with van der Waals surface area (Å²) in [6.07, 6.45) is 7.58. The third-order valence-electron chi connectivity index (χ3n) is 6.15. The van der Waals surface area contributed by atoms with Gasteiger partial charge in [-0.05, 0) is 0 Å². The monoisotopic (exact) mass is 624 g/mol. The maximum Gasteiger partial charge on any atom is -1.00 e. The zero-order valence-corrected chi connectivity index (χ0v) is 24.7. The predicted octanol–water partition coefficient (Wildman–Crippen LogP) is 1.86. The van der Waals surface area contributed by atoms with E-state index in [1.807, 2.05) is 5.31 Å². The van der Waals surface area contributed by atoms with Gasteiger partial charge in [0.05, 0.1) is 0 Å². The first-order chi connectivity index (χ1) is 13.4. The third kappa shape index (κ3) is 4.76. The van der Waals surface area contributed by atoms with Crippen molar-refractivity contribution in [2.45, 2.75) is 60.2 Å². The number of halogens is 2. The van der Waals surface area contributed by atoms with Gasteiger partial charge < -0.3 is 24.8 Å². The van der Waals surface area contributed by atoms with Crippen LogP contribution < -0.4 is 24.8 Å². The fourth-order valence-corrected chi connectivity index (χ4v) is 16.8. The van der Waals surface area contributed by atoms with Gasteiger partial charge in [0.2, 0.25) is 0 Å². The second-order valence-electron chi connectivity index (χ2n) is 8.76. The summed E-state index contributed by atoms with van der Waals surface area (Å²) >= 11 is -1.02. The van der Waals surface area contributed by atoms with E-state index in [0.717, 1.165) is 18.7 Å². The van der Waals surface area contributed by atoms with Crippen molar-refractivity contribution in [3.63, 3.8) is 0 Å². The summed E-state index contributed by atoms with van der Waals surface area (Å²) in [6.45, 7) is 14.4. The van der Waals surface area contributed by atoms with E-state index in [1.54, 1.807) is 11.1 Å². The average molecular weight is 624 g/mol. The molecule has 2 aliphatic carbocycles. The van der Waals surface area contributed by atoms with Crippen LogP contribution in [-0.4, -0.2) is 11.3 Å². The zero-order chi connectivity index (χ0) is 20.0. The Bertz CT molecular complexity index is 954. The molecule has 0 fully saturated rings. The van der Waals surface area contributed by atoms with Gasteiger partial charge >= 0.3 is 184 Å². The smallest absolute Gasteiger partial charge is 1.00 e. The molecule has 0 aromatic heterocycles. The van der Waals surface area contributed by atoms with Crippen LogP contribution in [0.25, 0.3) is 12.2 Å². The van der Waals surface area contributed by atoms with Crippen LogP contribution >= 0.6 is 7.92 Å². The van der Waals surface area contributed by atoms with Gasteiger partial charge in [-0.15, -0.1) is 0 Å². The zero-order valence-electron chi connectivity index (χ0n) is 18.7. The molecular formula is C26H31Cl2HfP. The van der Waals surface area contributed by atoms with Crippen LogP contribution in [0.3, 0.4) is 0 Å². The molecule has 2 unspecified atom stereocenters. The van der Waals surface area contributed by atoms with Crippen LogP contribution in [0.2, 0.25) is 0 Å².